The van der Waals surface area contributed by atoms with Crippen molar-refractivity contribution in [2.24, 2.45) is 5.92 Å². The second-order valence-electron chi connectivity index (χ2n) is 9.94. The molecule has 0 spiro atoms. The zero-order valence-electron chi connectivity index (χ0n) is 20.3. The zero-order chi connectivity index (χ0) is 23.0. The van der Waals surface area contributed by atoms with Crippen molar-refractivity contribution < 1.29 is 4.39 Å². The molecule has 0 aromatic heterocycles. The van der Waals surface area contributed by atoms with E-state index in [1.807, 2.05) is 36.4 Å². The van der Waals surface area contributed by atoms with Gasteiger partial charge in [0.25, 0.3) is 0 Å². The highest BCUT2D eigenvalue weighted by atomic mass is 19.1. The molecule has 4 rings (SSSR count). The Morgan fingerprint density at radius 1 is 0.788 bits per heavy atom. The number of hydrogen-bond donors (Lipinski definition) is 0. The molecule has 1 saturated carbocycles. The van der Waals surface area contributed by atoms with Crippen LogP contribution >= 0.6 is 0 Å². The molecule has 172 valence electrons. The molecule has 0 radical (unpaired) electrons. The van der Waals surface area contributed by atoms with Crippen molar-refractivity contribution in [1.29, 1.82) is 0 Å². The molecular formula is C32H37F. The summed E-state index contributed by atoms with van der Waals surface area (Å²) in [6, 6.07) is 18.2. The summed E-state index contributed by atoms with van der Waals surface area (Å²) in [5, 5.41) is 1.67. The minimum atomic E-state index is -0.0199. The van der Waals surface area contributed by atoms with Gasteiger partial charge in [0.15, 0.2) is 0 Å². The summed E-state index contributed by atoms with van der Waals surface area (Å²) in [7, 11) is 0. The average Bonchev–Trinajstić information content (AvgIpc) is 2.84. The van der Waals surface area contributed by atoms with Gasteiger partial charge in [-0.05, 0) is 79.7 Å². The van der Waals surface area contributed by atoms with Crippen molar-refractivity contribution in [2.45, 2.75) is 84.0 Å². The van der Waals surface area contributed by atoms with Gasteiger partial charge in [-0.2, -0.15) is 0 Å². The summed E-state index contributed by atoms with van der Waals surface area (Å²) in [5.41, 5.74) is 4.07. The number of halogens is 1. The number of benzene rings is 3. The Bertz CT molecular complexity index is 1100. The van der Waals surface area contributed by atoms with Crippen molar-refractivity contribution in [3.05, 3.63) is 82.7 Å². The van der Waals surface area contributed by atoms with Crippen LogP contribution in [0, 0.1) is 30.5 Å². The quantitative estimate of drug-likeness (QED) is 0.253. The maximum atomic E-state index is 15.5. The number of aryl methyl sites for hydroxylation is 1. The first kappa shape index (κ1) is 23.6. The van der Waals surface area contributed by atoms with E-state index >= 15 is 4.39 Å². The highest BCUT2D eigenvalue weighted by molar-refractivity contribution is 5.85. The van der Waals surface area contributed by atoms with Gasteiger partial charge >= 0.3 is 0 Å². The normalized spacial score (nSPS) is 18.2. The maximum Gasteiger partial charge on any atom is 0.134 e. The lowest BCUT2D eigenvalue weighted by Gasteiger charge is -2.29. The van der Waals surface area contributed by atoms with Crippen molar-refractivity contribution in [2.75, 3.05) is 0 Å². The number of fused-ring (bicyclic) bond motifs is 1. The first-order valence-corrected chi connectivity index (χ1v) is 12.9. The van der Waals surface area contributed by atoms with Gasteiger partial charge < -0.3 is 0 Å². The van der Waals surface area contributed by atoms with Gasteiger partial charge in [-0.3, -0.25) is 0 Å². The van der Waals surface area contributed by atoms with E-state index < -0.39 is 0 Å². The van der Waals surface area contributed by atoms with Crippen LogP contribution < -0.4 is 0 Å². The summed E-state index contributed by atoms with van der Waals surface area (Å²) >= 11 is 0. The molecule has 0 aliphatic heterocycles. The molecule has 0 atom stereocenters. The van der Waals surface area contributed by atoms with Crippen LogP contribution in [0.25, 0.3) is 10.8 Å². The van der Waals surface area contributed by atoms with E-state index in [2.05, 4.69) is 43.9 Å². The van der Waals surface area contributed by atoms with Gasteiger partial charge in [0.1, 0.15) is 5.82 Å². The van der Waals surface area contributed by atoms with Gasteiger partial charge in [-0.1, -0.05) is 93.2 Å². The molecule has 0 N–H and O–H groups in total. The van der Waals surface area contributed by atoms with Gasteiger partial charge in [0.05, 0.1) is 0 Å². The molecule has 33 heavy (non-hydrogen) atoms. The van der Waals surface area contributed by atoms with Crippen LogP contribution in [-0.4, -0.2) is 0 Å². The lowest BCUT2D eigenvalue weighted by molar-refractivity contribution is 0.299. The van der Waals surface area contributed by atoms with E-state index in [0.29, 0.717) is 5.92 Å². The summed E-state index contributed by atoms with van der Waals surface area (Å²) in [4.78, 5) is 0. The van der Waals surface area contributed by atoms with Crippen LogP contribution in [0.2, 0.25) is 0 Å². The van der Waals surface area contributed by atoms with E-state index in [0.717, 1.165) is 46.2 Å². The van der Waals surface area contributed by atoms with Crippen molar-refractivity contribution in [3.8, 4) is 11.8 Å². The molecule has 0 bridgehead atoms. The summed E-state index contributed by atoms with van der Waals surface area (Å²) in [6.45, 7) is 4.34. The molecule has 3 aromatic rings. The van der Waals surface area contributed by atoms with Crippen molar-refractivity contribution >= 4 is 10.8 Å². The van der Waals surface area contributed by atoms with E-state index in [1.165, 1.54) is 56.9 Å². The molecule has 1 aliphatic carbocycles. The fourth-order valence-corrected chi connectivity index (χ4v) is 5.28. The lowest BCUT2D eigenvalue weighted by Crippen LogP contribution is -2.14. The Balaban J connectivity index is 1.39. The average molecular weight is 441 g/mol. The highest BCUT2D eigenvalue weighted by Crippen LogP contribution is 2.40. The maximum absolute atomic E-state index is 15.5. The molecule has 3 aromatic carbocycles. The minimum Gasteiger partial charge on any atom is -0.206 e. The zero-order valence-corrected chi connectivity index (χ0v) is 20.3. The largest absolute Gasteiger partial charge is 0.206 e. The van der Waals surface area contributed by atoms with Gasteiger partial charge in [-0.25, -0.2) is 4.39 Å². The third kappa shape index (κ3) is 6.26. The Morgan fingerprint density at radius 2 is 1.48 bits per heavy atom. The molecule has 1 fully saturated rings. The predicted molar refractivity (Wildman–Crippen MR) is 139 cm³/mol. The van der Waals surface area contributed by atoms with Crippen LogP contribution in [0.3, 0.4) is 0 Å². The van der Waals surface area contributed by atoms with Crippen molar-refractivity contribution in [1.82, 2.24) is 0 Å². The second kappa shape index (κ2) is 11.5. The van der Waals surface area contributed by atoms with E-state index in [4.69, 9.17) is 0 Å². The Kier molecular flexibility index (Phi) is 8.22. The Labute approximate surface area is 199 Å². The van der Waals surface area contributed by atoms with E-state index in [1.54, 1.807) is 0 Å². The van der Waals surface area contributed by atoms with Gasteiger partial charge in [-0.15, -0.1) is 0 Å². The first-order chi connectivity index (χ1) is 16.1. The van der Waals surface area contributed by atoms with E-state index in [-0.39, 0.29) is 5.82 Å². The highest BCUT2D eigenvalue weighted by Gasteiger charge is 2.24. The lowest BCUT2D eigenvalue weighted by atomic mass is 9.76. The van der Waals surface area contributed by atoms with Crippen LogP contribution in [0.4, 0.5) is 4.39 Å². The Hall–Kier alpha value is -2.59. The molecular weight excluding hydrogens is 403 g/mol. The standard InChI is InChI=1S/C32H37F/c1-3-4-5-6-7-8-25-15-18-28(19-16-25)30-22-20-29-23-27(17-21-31(29)32(30)33)14-13-26-11-9-24(2)10-12-26/h9-12,17,20-23,25,28H,3-8,15-16,18-19H2,1-2H3. The third-order valence-electron chi connectivity index (χ3n) is 7.39. The summed E-state index contributed by atoms with van der Waals surface area (Å²) in [5.74, 6) is 7.64. The monoisotopic (exact) mass is 440 g/mol. The minimum absolute atomic E-state index is 0.0199. The summed E-state index contributed by atoms with van der Waals surface area (Å²) < 4.78 is 15.5. The number of hydrogen-bond acceptors (Lipinski definition) is 0. The topological polar surface area (TPSA) is 0 Å². The molecule has 0 nitrogen and oxygen atoms in total. The van der Waals surface area contributed by atoms with Crippen molar-refractivity contribution in [3.63, 3.8) is 0 Å². The fraction of sp³-hybridized carbons (Fsp3) is 0.438. The van der Waals surface area contributed by atoms with Crippen LogP contribution in [0.15, 0.2) is 54.6 Å². The summed E-state index contributed by atoms with van der Waals surface area (Å²) in [6.07, 6.45) is 12.9. The molecule has 1 aliphatic rings. The number of rotatable bonds is 7. The molecule has 0 amide bonds. The van der Waals surface area contributed by atoms with Crippen LogP contribution in [0.5, 0.6) is 0 Å². The molecule has 0 heterocycles. The Morgan fingerprint density at radius 3 is 2.24 bits per heavy atom. The SMILES string of the molecule is CCCCCCCC1CCC(c2ccc3cc(C#Cc4ccc(C)cc4)ccc3c2F)CC1. The molecule has 0 saturated heterocycles. The van der Waals surface area contributed by atoms with Gasteiger partial charge in [0, 0.05) is 16.5 Å². The molecule has 1 heteroatoms. The smallest absolute Gasteiger partial charge is 0.134 e. The van der Waals surface area contributed by atoms with Gasteiger partial charge in [0.2, 0.25) is 0 Å². The number of unbranched alkanes of at least 4 members (excludes halogenated alkanes) is 4. The fourth-order valence-electron chi connectivity index (χ4n) is 5.28. The van der Waals surface area contributed by atoms with Crippen LogP contribution in [-0.2, 0) is 0 Å². The van der Waals surface area contributed by atoms with Crippen LogP contribution in [0.1, 0.15) is 99.3 Å². The third-order valence-corrected chi connectivity index (χ3v) is 7.39. The molecule has 0 unspecified atom stereocenters. The first-order valence-electron chi connectivity index (χ1n) is 12.9. The van der Waals surface area contributed by atoms with E-state index in [9.17, 15) is 0 Å². The predicted octanol–water partition coefficient (Wildman–Crippen LogP) is 9.32. The second-order valence-corrected chi connectivity index (χ2v) is 9.94.